The van der Waals surface area contributed by atoms with Crippen molar-refractivity contribution in [3.8, 4) is 0 Å². The van der Waals surface area contributed by atoms with Crippen molar-refractivity contribution in [2.24, 2.45) is 0 Å². The Hall–Kier alpha value is 0.390. The van der Waals surface area contributed by atoms with Crippen molar-refractivity contribution in [1.82, 2.24) is 0 Å². The van der Waals surface area contributed by atoms with Crippen LogP contribution in [0.1, 0.15) is 0 Å². The summed E-state index contributed by atoms with van der Waals surface area (Å²) in [7, 11) is -4.04. The summed E-state index contributed by atoms with van der Waals surface area (Å²) in [6.07, 6.45) is 1.06. The van der Waals surface area contributed by atoms with Gasteiger partial charge in [-0.15, -0.1) is 6.58 Å². The zero-order chi connectivity index (χ0) is 5.91. The van der Waals surface area contributed by atoms with Crippen molar-refractivity contribution in [3.05, 3.63) is 12.7 Å². The average molecular weight is 229 g/mol. The van der Waals surface area contributed by atoms with Gasteiger partial charge in [0.15, 0.2) is 0 Å². The molecule has 0 saturated carbocycles. The van der Waals surface area contributed by atoms with Gasteiger partial charge in [-0.3, -0.25) is 0 Å². The molecule has 0 aromatic heterocycles. The Kier molecular flexibility index (Phi) is 6.01. The summed E-state index contributed by atoms with van der Waals surface area (Å²) in [5.74, 6) is -0.479. The quantitative estimate of drug-likeness (QED) is 0.371. The van der Waals surface area contributed by atoms with Gasteiger partial charge in [0, 0.05) is 0 Å². The van der Waals surface area contributed by atoms with Gasteiger partial charge in [0.1, 0.15) is 0 Å². The van der Waals surface area contributed by atoms with E-state index in [2.05, 4.69) is 6.58 Å². The maximum atomic E-state index is 9.60. The van der Waals surface area contributed by atoms with Gasteiger partial charge in [0.05, 0.1) is 15.9 Å². The molecule has 0 radical (unpaired) electrons. The molecule has 0 unspecified atom stereocenters. The Morgan fingerprint density at radius 2 is 2.00 bits per heavy atom. The predicted molar refractivity (Wildman–Crippen MR) is 24.8 cm³/mol. The van der Waals surface area contributed by atoms with Gasteiger partial charge in [-0.05, 0) is 0 Å². The molecule has 0 bridgehead atoms. The third-order valence-corrected chi connectivity index (χ3v) is 0.966. The Morgan fingerprint density at radius 3 is 2.00 bits per heavy atom. The van der Waals surface area contributed by atoms with E-state index in [4.69, 9.17) is 0 Å². The molecular formula is C3H5AgO3S. The summed E-state index contributed by atoms with van der Waals surface area (Å²) in [5.41, 5.74) is 0. The topological polar surface area (TPSA) is 57.2 Å². The molecule has 0 spiro atoms. The van der Waals surface area contributed by atoms with Crippen molar-refractivity contribution < 1.29 is 35.4 Å². The second kappa shape index (κ2) is 4.29. The molecule has 0 aliphatic carbocycles. The Labute approximate surface area is 64.0 Å². The average Bonchev–Trinajstić information content (AvgIpc) is 1.30. The monoisotopic (exact) mass is 228 g/mol. The van der Waals surface area contributed by atoms with Gasteiger partial charge in [-0.1, -0.05) is 6.08 Å². The number of rotatable bonds is 2. The van der Waals surface area contributed by atoms with E-state index >= 15 is 0 Å². The van der Waals surface area contributed by atoms with E-state index < -0.39 is 15.9 Å². The Balaban J connectivity index is 0. The fraction of sp³-hybridized carbons (Fsp3) is 0.333. The first-order valence-corrected chi connectivity index (χ1v) is 3.18. The van der Waals surface area contributed by atoms with E-state index in [-0.39, 0.29) is 22.4 Å². The van der Waals surface area contributed by atoms with Gasteiger partial charge in [0.25, 0.3) is 0 Å². The summed E-state index contributed by atoms with van der Waals surface area (Å²) in [6.45, 7) is 3.07. The Bertz CT molecular complexity index is 148. The third kappa shape index (κ3) is 9.63. The van der Waals surface area contributed by atoms with Crippen LogP contribution in [-0.4, -0.2) is 18.7 Å². The predicted octanol–water partition coefficient (Wildman–Crippen LogP) is -0.285. The van der Waals surface area contributed by atoms with Gasteiger partial charge < -0.3 is 4.55 Å². The molecule has 0 atom stereocenters. The van der Waals surface area contributed by atoms with Crippen LogP contribution in [-0.2, 0) is 32.5 Å². The van der Waals surface area contributed by atoms with Crippen LogP contribution in [0.3, 0.4) is 0 Å². The molecule has 0 aliphatic rings. The zero-order valence-corrected chi connectivity index (χ0v) is 6.22. The van der Waals surface area contributed by atoms with Crippen LogP contribution in [0.2, 0.25) is 0 Å². The summed E-state index contributed by atoms with van der Waals surface area (Å²) in [4.78, 5) is 0. The largest absolute Gasteiger partial charge is 1.00 e. The minimum absolute atomic E-state index is 0. The van der Waals surface area contributed by atoms with E-state index in [0.717, 1.165) is 6.08 Å². The summed E-state index contributed by atoms with van der Waals surface area (Å²) < 4.78 is 28.8. The van der Waals surface area contributed by atoms with Crippen molar-refractivity contribution >= 4 is 10.1 Å². The van der Waals surface area contributed by atoms with Crippen molar-refractivity contribution in [2.75, 3.05) is 5.75 Å². The van der Waals surface area contributed by atoms with Gasteiger partial charge in [0.2, 0.25) is 0 Å². The number of hydrogen-bond donors (Lipinski definition) is 0. The fourth-order valence-corrected chi connectivity index (χ4v) is 0.433. The van der Waals surface area contributed by atoms with Crippen LogP contribution in [0.5, 0.6) is 0 Å². The zero-order valence-electron chi connectivity index (χ0n) is 3.93. The normalized spacial score (nSPS) is 9.62. The first-order chi connectivity index (χ1) is 3.06. The van der Waals surface area contributed by atoms with E-state index in [1.165, 1.54) is 0 Å². The van der Waals surface area contributed by atoms with Crippen molar-refractivity contribution in [1.29, 1.82) is 0 Å². The molecule has 0 aromatic carbocycles. The van der Waals surface area contributed by atoms with E-state index in [1.807, 2.05) is 0 Å². The molecule has 5 heteroatoms. The third-order valence-electron chi connectivity index (χ3n) is 0.322. The summed E-state index contributed by atoms with van der Waals surface area (Å²) in [6, 6.07) is 0. The minimum Gasteiger partial charge on any atom is -0.748 e. The molecular weight excluding hydrogens is 224 g/mol. The van der Waals surface area contributed by atoms with Gasteiger partial charge in [-0.2, -0.15) is 0 Å². The standard InChI is InChI=1S/C3H6O3S.Ag/c1-2-3-7(4,5)6;/h2H,1,3H2,(H,4,5,6);/q;+1/p-1. The van der Waals surface area contributed by atoms with Crippen LogP contribution in [0.15, 0.2) is 12.7 Å². The fourth-order valence-electron chi connectivity index (χ4n) is 0.144. The molecule has 0 saturated heterocycles. The smallest absolute Gasteiger partial charge is 0.748 e. The number of hydrogen-bond acceptors (Lipinski definition) is 3. The second-order valence-electron chi connectivity index (χ2n) is 1.01. The van der Waals surface area contributed by atoms with Crippen molar-refractivity contribution in [2.45, 2.75) is 0 Å². The molecule has 8 heavy (non-hydrogen) atoms. The van der Waals surface area contributed by atoms with Crippen LogP contribution < -0.4 is 0 Å². The van der Waals surface area contributed by atoms with E-state index in [0.29, 0.717) is 0 Å². The molecule has 0 N–H and O–H groups in total. The molecule has 3 nitrogen and oxygen atoms in total. The van der Waals surface area contributed by atoms with E-state index in [1.54, 1.807) is 0 Å². The second-order valence-corrected chi connectivity index (χ2v) is 2.46. The molecule has 0 fully saturated rings. The molecule has 52 valence electrons. The summed E-state index contributed by atoms with van der Waals surface area (Å²) in [5, 5.41) is 0. The molecule has 0 aromatic rings. The SMILES string of the molecule is C=CCS(=O)(=O)[O-].[Ag+]. The minimum atomic E-state index is -4.04. The van der Waals surface area contributed by atoms with Crippen LogP contribution >= 0.6 is 0 Å². The summed E-state index contributed by atoms with van der Waals surface area (Å²) >= 11 is 0. The molecule has 0 heterocycles. The van der Waals surface area contributed by atoms with Crippen molar-refractivity contribution in [3.63, 3.8) is 0 Å². The first kappa shape index (κ1) is 11.2. The Morgan fingerprint density at radius 1 is 1.62 bits per heavy atom. The molecule has 0 rings (SSSR count). The van der Waals surface area contributed by atoms with Gasteiger partial charge >= 0.3 is 22.4 Å². The maximum Gasteiger partial charge on any atom is 1.00 e. The maximum absolute atomic E-state index is 9.60. The van der Waals surface area contributed by atoms with Gasteiger partial charge in [-0.25, -0.2) is 8.42 Å². The van der Waals surface area contributed by atoms with Crippen LogP contribution in [0.25, 0.3) is 0 Å². The molecule has 0 amide bonds. The molecule has 0 aliphatic heterocycles. The van der Waals surface area contributed by atoms with E-state index in [9.17, 15) is 13.0 Å². The van der Waals surface area contributed by atoms with Crippen LogP contribution in [0, 0.1) is 0 Å². The first-order valence-electron chi connectivity index (χ1n) is 1.61. The van der Waals surface area contributed by atoms with Crippen LogP contribution in [0.4, 0.5) is 0 Å².